The smallest absolute Gasteiger partial charge is 0.315 e. The Morgan fingerprint density at radius 2 is 1.77 bits per heavy atom. The van der Waals surface area contributed by atoms with Gasteiger partial charge in [-0.1, -0.05) is 26.0 Å². The molecule has 2 atom stereocenters. The second kappa shape index (κ2) is 7.06. The van der Waals surface area contributed by atoms with E-state index in [9.17, 15) is 4.79 Å². The predicted molar refractivity (Wildman–Crippen MR) is 85.7 cm³/mol. The molecule has 0 aliphatic heterocycles. The van der Waals surface area contributed by atoms with Gasteiger partial charge in [0.15, 0.2) is 0 Å². The van der Waals surface area contributed by atoms with E-state index in [4.69, 9.17) is 0 Å². The lowest BCUT2D eigenvalue weighted by Crippen LogP contribution is -2.43. The van der Waals surface area contributed by atoms with Crippen LogP contribution in [0.15, 0.2) is 36.9 Å². The molecule has 2 aromatic rings. The van der Waals surface area contributed by atoms with Crippen LogP contribution in [0.3, 0.4) is 0 Å². The van der Waals surface area contributed by atoms with Crippen molar-refractivity contribution in [2.45, 2.75) is 39.8 Å². The minimum Gasteiger partial charge on any atom is -0.335 e. The molecule has 6 nitrogen and oxygen atoms in total. The molecule has 0 fully saturated rings. The average molecular weight is 301 g/mol. The van der Waals surface area contributed by atoms with Gasteiger partial charge in [-0.15, -0.1) is 0 Å². The molecule has 0 spiro atoms. The van der Waals surface area contributed by atoms with E-state index < -0.39 is 0 Å². The Hall–Kier alpha value is -2.37. The van der Waals surface area contributed by atoms with E-state index in [1.165, 1.54) is 6.33 Å². The SMILES string of the molecule is CC(NC(=O)NC(C)C(C)C)c1ccc(-n2cncn2)cc1. The summed E-state index contributed by atoms with van der Waals surface area (Å²) in [5.41, 5.74) is 1.97. The number of aromatic nitrogens is 3. The van der Waals surface area contributed by atoms with E-state index in [-0.39, 0.29) is 18.1 Å². The van der Waals surface area contributed by atoms with Crippen LogP contribution in [0.1, 0.15) is 39.3 Å². The highest BCUT2D eigenvalue weighted by Gasteiger charge is 2.13. The van der Waals surface area contributed by atoms with E-state index >= 15 is 0 Å². The van der Waals surface area contributed by atoms with Crippen LogP contribution in [0.2, 0.25) is 0 Å². The van der Waals surface area contributed by atoms with Crippen molar-refractivity contribution in [3.8, 4) is 5.69 Å². The van der Waals surface area contributed by atoms with Gasteiger partial charge in [0.1, 0.15) is 12.7 Å². The molecule has 0 saturated heterocycles. The number of amides is 2. The third kappa shape index (κ3) is 4.07. The molecule has 0 aliphatic carbocycles. The van der Waals surface area contributed by atoms with Crippen molar-refractivity contribution in [3.05, 3.63) is 42.5 Å². The van der Waals surface area contributed by atoms with Gasteiger partial charge in [-0.2, -0.15) is 5.10 Å². The molecule has 2 amide bonds. The predicted octanol–water partition coefficient (Wildman–Crippen LogP) is 2.67. The molecule has 0 bridgehead atoms. The zero-order chi connectivity index (χ0) is 16.1. The van der Waals surface area contributed by atoms with Gasteiger partial charge in [0.05, 0.1) is 11.7 Å². The van der Waals surface area contributed by atoms with Crippen molar-refractivity contribution < 1.29 is 4.79 Å². The molecule has 1 aromatic carbocycles. The highest BCUT2D eigenvalue weighted by Crippen LogP contribution is 2.15. The number of urea groups is 1. The summed E-state index contributed by atoms with van der Waals surface area (Å²) in [6.07, 6.45) is 3.15. The van der Waals surface area contributed by atoms with E-state index in [1.54, 1.807) is 11.0 Å². The van der Waals surface area contributed by atoms with E-state index in [0.29, 0.717) is 5.92 Å². The number of rotatable bonds is 5. The maximum atomic E-state index is 12.0. The fourth-order valence-corrected chi connectivity index (χ4v) is 1.95. The number of carbonyl (C=O) groups excluding carboxylic acids is 1. The van der Waals surface area contributed by atoms with Gasteiger partial charge in [0, 0.05) is 6.04 Å². The summed E-state index contributed by atoms with van der Waals surface area (Å²) in [6, 6.07) is 7.80. The Labute approximate surface area is 130 Å². The summed E-state index contributed by atoms with van der Waals surface area (Å²) in [7, 11) is 0. The van der Waals surface area contributed by atoms with E-state index in [0.717, 1.165) is 11.3 Å². The topological polar surface area (TPSA) is 71.8 Å². The zero-order valence-corrected chi connectivity index (χ0v) is 13.4. The fourth-order valence-electron chi connectivity index (χ4n) is 1.95. The highest BCUT2D eigenvalue weighted by molar-refractivity contribution is 5.74. The molecule has 0 saturated carbocycles. The highest BCUT2D eigenvalue weighted by atomic mass is 16.2. The molecular weight excluding hydrogens is 278 g/mol. The fraction of sp³-hybridized carbons (Fsp3) is 0.438. The molecule has 22 heavy (non-hydrogen) atoms. The first-order valence-corrected chi connectivity index (χ1v) is 7.49. The Bertz CT molecular complexity index is 592. The van der Waals surface area contributed by atoms with Crippen LogP contribution < -0.4 is 10.6 Å². The summed E-state index contributed by atoms with van der Waals surface area (Å²) in [5, 5.41) is 9.98. The van der Waals surface area contributed by atoms with Crippen LogP contribution >= 0.6 is 0 Å². The summed E-state index contributed by atoms with van der Waals surface area (Å²) in [4.78, 5) is 15.9. The Morgan fingerprint density at radius 3 is 2.32 bits per heavy atom. The van der Waals surface area contributed by atoms with Gasteiger partial charge < -0.3 is 10.6 Å². The van der Waals surface area contributed by atoms with Crippen LogP contribution in [-0.4, -0.2) is 26.8 Å². The van der Waals surface area contributed by atoms with Crippen LogP contribution in [0.5, 0.6) is 0 Å². The van der Waals surface area contributed by atoms with Gasteiger partial charge in [-0.3, -0.25) is 0 Å². The number of nitrogens with zero attached hydrogens (tertiary/aromatic N) is 3. The summed E-state index contributed by atoms with van der Waals surface area (Å²) < 4.78 is 1.69. The summed E-state index contributed by atoms with van der Waals surface area (Å²) >= 11 is 0. The lowest BCUT2D eigenvalue weighted by molar-refractivity contribution is 0.231. The summed E-state index contributed by atoms with van der Waals surface area (Å²) in [6.45, 7) is 8.13. The maximum Gasteiger partial charge on any atom is 0.315 e. The monoisotopic (exact) mass is 301 g/mol. The number of carbonyl (C=O) groups is 1. The molecule has 0 aliphatic rings. The molecule has 1 aromatic heterocycles. The first kappa shape index (κ1) is 16.0. The van der Waals surface area contributed by atoms with Crippen molar-refractivity contribution >= 4 is 6.03 Å². The first-order chi connectivity index (χ1) is 10.5. The van der Waals surface area contributed by atoms with Crippen LogP contribution in [0.4, 0.5) is 4.79 Å². The Morgan fingerprint density at radius 1 is 1.09 bits per heavy atom. The average Bonchev–Trinajstić information content (AvgIpc) is 3.01. The van der Waals surface area contributed by atoms with Crippen LogP contribution in [-0.2, 0) is 0 Å². The Kier molecular flexibility index (Phi) is 5.14. The van der Waals surface area contributed by atoms with Crippen molar-refractivity contribution in [2.24, 2.45) is 5.92 Å². The molecule has 2 unspecified atom stereocenters. The molecule has 0 radical (unpaired) electrons. The van der Waals surface area contributed by atoms with Crippen molar-refractivity contribution in [1.29, 1.82) is 0 Å². The van der Waals surface area contributed by atoms with Gasteiger partial charge in [0.2, 0.25) is 0 Å². The number of benzene rings is 1. The van der Waals surface area contributed by atoms with Gasteiger partial charge in [-0.25, -0.2) is 14.5 Å². The van der Waals surface area contributed by atoms with Crippen molar-refractivity contribution in [2.75, 3.05) is 0 Å². The molecule has 6 heteroatoms. The largest absolute Gasteiger partial charge is 0.335 e. The second-order valence-electron chi connectivity index (χ2n) is 5.80. The Balaban J connectivity index is 1.95. The lowest BCUT2D eigenvalue weighted by atomic mass is 10.1. The number of nitrogens with one attached hydrogen (secondary N) is 2. The summed E-state index contributed by atoms with van der Waals surface area (Å²) in [5.74, 6) is 0.406. The molecular formula is C16H23N5O. The third-order valence-electron chi connectivity index (χ3n) is 3.78. The van der Waals surface area contributed by atoms with Crippen molar-refractivity contribution in [1.82, 2.24) is 25.4 Å². The van der Waals surface area contributed by atoms with Crippen LogP contribution in [0.25, 0.3) is 5.69 Å². The quantitative estimate of drug-likeness (QED) is 0.892. The van der Waals surface area contributed by atoms with E-state index in [2.05, 4.69) is 34.6 Å². The minimum atomic E-state index is -0.144. The minimum absolute atomic E-state index is 0.0656. The van der Waals surface area contributed by atoms with Gasteiger partial charge in [0.25, 0.3) is 0 Å². The van der Waals surface area contributed by atoms with Crippen LogP contribution in [0, 0.1) is 5.92 Å². The molecule has 2 rings (SSSR count). The first-order valence-electron chi connectivity index (χ1n) is 7.49. The van der Waals surface area contributed by atoms with Gasteiger partial charge >= 0.3 is 6.03 Å². The normalized spacial score (nSPS) is 13.7. The molecule has 118 valence electrons. The number of hydrogen-bond donors (Lipinski definition) is 2. The molecule has 1 heterocycles. The van der Waals surface area contributed by atoms with Gasteiger partial charge in [-0.05, 0) is 37.5 Å². The third-order valence-corrected chi connectivity index (χ3v) is 3.78. The lowest BCUT2D eigenvalue weighted by Gasteiger charge is -2.20. The maximum absolute atomic E-state index is 12.0. The van der Waals surface area contributed by atoms with E-state index in [1.807, 2.05) is 38.1 Å². The zero-order valence-electron chi connectivity index (χ0n) is 13.4. The molecule has 2 N–H and O–H groups in total. The second-order valence-corrected chi connectivity index (χ2v) is 5.80. The number of hydrogen-bond acceptors (Lipinski definition) is 3. The standard InChI is InChI=1S/C16H23N5O/c1-11(2)12(3)19-16(22)20-13(4)14-5-7-15(8-6-14)21-10-17-9-18-21/h5-13H,1-4H3,(H2,19,20,22). The van der Waals surface area contributed by atoms with Crippen molar-refractivity contribution in [3.63, 3.8) is 0 Å².